The standard InChI is InChI=1S/C41H28N4/c1-27-25-37(43-40-32(27)23-21-30-22-24-35(42-39(30)40)28-13-5-2-6-14-28)33-19-11-12-20-34(33)38-26-36(29-15-7-3-8-16-29)44-41(45-38)31-17-9-4-10-18-31/h2-26H,1H3. The number of benzene rings is 5. The minimum atomic E-state index is 0.688. The Hall–Kier alpha value is -6.00. The van der Waals surface area contributed by atoms with Gasteiger partial charge in [0.25, 0.3) is 0 Å². The van der Waals surface area contributed by atoms with E-state index in [1.54, 1.807) is 0 Å². The molecule has 0 aliphatic heterocycles. The second kappa shape index (κ2) is 11.3. The van der Waals surface area contributed by atoms with E-state index >= 15 is 0 Å². The molecule has 0 bridgehead atoms. The fourth-order valence-electron chi connectivity index (χ4n) is 5.94. The second-order valence-electron chi connectivity index (χ2n) is 11.2. The molecule has 212 valence electrons. The van der Waals surface area contributed by atoms with Crippen LogP contribution >= 0.6 is 0 Å². The van der Waals surface area contributed by atoms with Crippen molar-refractivity contribution >= 4 is 21.8 Å². The van der Waals surface area contributed by atoms with Gasteiger partial charge in [0.2, 0.25) is 0 Å². The summed E-state index contributed by atoms with van der Waals surface area (Å²) in [7, 11) is 0. The first kappa shape index (κ1) is 26.6. The van der Waals surface area contributed by atoms with E-state index in [-0.39, 0.29) is 0 Å². The van der Waals surface area contributed by atoms with Crippen molar-refractivity contribution in [3.05, 3.63) is 157 Å². The smallest absolute Gasteiger partial charge is 0.160 e. The number of fused-ring (bicyclic) bond motifs is 3. The van der Waals surface area contributed by atoms with Crippen molar-refractivity contribution in [3.8, 4) is 56.4 Å². The van der Waals surface area contributed by atoms with E-state index in [0.29, 0.717) is 5.82 Å². The lowest BCUT2D eigenvalue weighted by molar-refractivity contribution is 1.18. The summed E-state index contributed by atoms with van der Waals surface area (Å²) in [5.41, 5.74) is 11.6. The van der Waals surface area contributed by atoms with Gasteiger partial charge in [0.1, 0.15) is 0 Å². The van der Waals surface area contributed by atoms with Crippen molar-refractivity contribution < 1.29 is 0 Å². The monoisotopic (exact) mass is 576 g/mol. The number of hydrogen-bond donors (Lipinski definition) is 0. The minimum Gasteiger partial charge on any atom is -0.245 e. The van der Waals surface area contributed by atoms with Crippen LogP contribution in [-0.4, -0.2) is 19.9 Å². The molecular formula is C41H28N4. The van der Waals surface area contributed by atoms with E-state index < -0.39 is 0 Å². The van der Waals surface area contributed by atoms with Crippen LogP contribution in [0.3, 0.4) is 0 Å². The average Bonchev–Trinajstić information content (AvgIpc) is 3.12. The van der Waals surface area contributed by atoms with Crippen LogP contribution in [0.1, 0.15) is 5.56 Å². The van der Waals surface area contributed by atoms with Crippen LogP contribution in [0.25, 0.3) is 78.2 Å². The number of hydrogen-bond acceptors (Lipinski definition) is 4. The maximum absolute atomic E-state index is 5.31. The lowest BCUT2D eigenvalue weighted by Gasteiger charge is -2.14. The summed E-state index contributed by atoms with van der Waals surface area (Å²) in [6, 6.07) is 51.9. The first-order chi connectivity index (χ1) is 22.2. The number of rotatable bonds is 5. The third-order valence-corrected chi connectivity index (χ3v) is 8.22. The van der Waals surface area contributed by atoms with Gasteiger partial charge < -0.3 is 0 Å². The molecule has 3 heterocycles. The van der Waals surface area contributed by atoms with Crippen molar-refractivity contribution in [3.63, 3.8) is 0 Å². The Kier molecular flexibility index (Phi) is 6.65. The highest BCUT2D eigenvalue weighted by Crippen LogP contribution is 2.36. The molecule has 0 fully saturated rings. The highest BCUT2D eigenvalue weighted by molar-refractivity contribution is 6.05. The highest BCUT2D eigenvalue weighted by atomic mass is 14.9. The van der Waals surface area contributed by atoms with E-state index in [1.165, 1.54) is 0 Å². The highest BCUT2D eigenvalue weighted by Gasteiger charge is 2.17. The molecule has 0 unspecified atom stereocenters. The Bertz CT molecular complexity index is 2260. The lowest BCUT2D eigenvalue weighted by atomic mass is 9.97. The van der Waals surface area contributed by atoms with E-state index in [9.17, 15) is 0 Å². The summed E-state index contributed by atoms with van der Waals surface area (Å²) in [6.07, 6.45) is 0. The molecule has 4 heteroatoms. The number of nitrogens with zero attached hydrogens (tertiary/aromatic N) is 4. The Morgan fingerprint density at radius 2 is 0.889 bits per heavy atom. The molecule has 0 saturated heterocycles. The fraction of sp³-hybridized carbons (Fsp3) is 0.0244. The molecule has 4 nitrogen and oxygen atoms in total. The SMILES string of the molecule is Cc1cc(-c2ccccc2-c2cc(-c3ccccc3)nc(-c3ccccc3)n2)nc2c1ccc1ccc(-c3ccccc3)nc12. The van der Waals surface area contributed by atoms with Crippen LogP contribution in [0.4, 0.5) is 0 Å². The van der Waals surface area contributed by atoms with Crippen molar-refractivity contribution in [1.29, 1.82) is 0 Å². The van der Waals surface area contributed by atoms with Crippen molar-refractivity contribution in [2.45, 2.75) is 6.92 Å². The fourth-order valence-corrected chi connectivity index (χ4v) is 5.94. The summed E-state index contributed by atoms with van der Waals surface area (Å²) in [4.78, 5) is 20.6. The topological polar surface area (TPSA) is 51.6 Å². The third-order valence-electron chi connectivity index (χ3n) is 8.22. The molecule has 8 rings (SSSR count). The molecule has 45 heavy (non-hydrogen) atoms. The zero-order chi connectivity index (χ0) is 30.2. The molecule has 3 aromatic heterocycles. The van der Waals surface area contributed by atoms with Gasteiger partial charge in [-0.2, -0.15) is 0 Å². The molecule has 0 spiro atoms. The number of aryl methyl sites for hydroxylation is 1. The third kappa shape index (κ3) is 5.02. The summed E-state index contributed by atoms with van der Waals surface area (Å²) < 4.78 is 0. The van der Waals surface area contributed by atoms with Gasteiger partial charge in [-0.1, -0.05) is 133 Å². The quantitative estimate of drug-likeness (QED) is 0.191. The maximum atomic E-state index is 5.31. The maximum Gasteiger partial charge on any atom is 0.160 e. The molecule has 0 radical (unpaired) electrons. The molecule has 0 atom stereocenters. The van der Waals surface area contributed by atoms with Gasteiger partial charge in [0.15, 0.2) is 5.82 Å². The second-order valence-corrected chi connectivity index (χ2v) is 11.2. The first-order valence-electron chi connectivity index (χ1n) is 15.1. The predicted molar refractivity (Wildman–Crippen MR) is 185 cm³/mol. The molecule has 8 aromatic rings. The first-order valence-corrected chi connectivity index (χ1v) is 15.1. The van der Waals surface area contributed by atoms with Gasteiger partial charge in [0, 0.05) is 38.6 Å². The van der Waals surface area contributed by atoms with E-state index in [0.717, 1.165) is 78.0 Å². The van der Waals surface area contributed by atoms with E-state index in [2.05, 4.69) is 104 Å². The van der Waals surface area contributed by atoms with Crippen LogP contribution in [0, 0.1) is 6.92 Å². The normalized spacial score (nSPS) is 11.2. The Morgan fingerprint density at radius 1 is 0.378 bits per heavy atom. The summed E-state index contributed by atoms with van der Waals surface area (Å²) >= 11 is 0. The van der Waals surface area contributed by atoms with Crippen molar-refractivity contribution in [1.82, 2.24) is 19.9 Å². The Morgan fingerprint density at radius 3 is 1.56 bits per heavy atom. The van der Waals surface area contributed by atoms with Gasteiger partial charge in [-0.3, -0.25) is 0 Å². The number of aromatic nitrogens is 4. The van der Waals surface area contributed by atoms with E-state index in [4.69, 9.17) is 19.9 Å². The molecule has 0 amide bonds. The van der Waals surface area contributed by atoms with Crippen molar-refractivity contribution in [2.75, 3.05) is 0 Å². The summed E-state index contributed by atoms with van der Waals surface area (Å²) in [5, 5.41) is 2.16. The van der Waals surface area contributed by atoms with Gasteiger partial charge in [0.05, 0.1) is 33.8 Å². The molecule has 0 saturated carbocycles. The molecule has 0 aliphatic rings. The van der Waals surface area contributed by atoms with Crippen LogP contribution in [0.5, 0.6) is 0 Å². The molecule has 0 N–H and O–H groups in total. The molecular weight excluding hydrogens is 548 g/mol. The predicted octanol–water partition coefficient (Wildman–Crippen LogP) is 10.2. The largest absolute Gasteiger partial charge is 0.245 e. The van der Waals surface area contributed by atoms with Crippen LogP contribution in [0.2, 0.25) is 0 Å². The zero-order valence-electron chi connectivity index (χ0n) is 24.7. The van der Waals surface area contributed by atoms with Gasteiger partial charge in [-0.05, 0) is 30.7 Å². The van der Waals surface area contributed by atoms with Crippen LogP contribution < -0.4 is 0 Å². The van der Waals surface area contributed by atoms with Gasteiger partial charge in [-0.15, -0.1) is 0 Å². The Labute approximate surface area is 261 Å². The lowest BCUT2D eigenvalue weighted by Crippen LogP contribution is -1.98. The number of pyridine rings is 2. The van der Waals surface area contributed by atoms with Gasteiger partial charge in [-0.25, -0.2) is 19.9 Å². The summed E-state index contributed by atoms with van der Waals surface area (Å²) in [5.74, 6) is 0.688. The van der Waals surface area contributed by atoms with Crippen LogP contribution in [0.15, 0.2) is 152 Å². The zero-order valence-corrected chi connectivity index (χ0v) is 24.7. The van der Waals surface area contributed by atoms with Crippen LogP contribution in [-0.2, 0) is 0 Å². The molecule has 0 aliphatic carbocycles. The Balaban J connectivity index is 1.33. The average molecular weight is 577 g/mol. The molecule has 5 aromatic carbocycles. The van der Waals surface area contributed by atoms with E-state index in [1.807, 2.05) is 54.6 Å². The minimum absolute atomic E-state index is 0.688. The summed E-state index contributed by atoms with van der Waals surface area (Å²) in [6.45, 7) is 2.15. The van der Waals surface area contributed by atoms with Gasteiger partial charge >= 0.3 is 0 Å². The van der Waals surface area contributed by atoms with Crippen molar-refractivity contribution in [2.24, 2.45) is 0 Å².